The molecule has 1 atom stereocenters. The van der Waals surface area contributed by atoms with Gasteiger partial charge < -0.3 is 15.4 Å². The van der Waals surface area contributed by atoms with Gasteiger partial charge in [-0.2, -0.15) is 4.98 Å². The predicted molar refractivity (Wildman–Crippen MR) is 72.9 cm³/mol. The molecule has 5 heteroatoms. The predicted octanol–water partition coefficient (Wildman–Crippen LogP) is 2.28. The van der Waals surface area contributed by atoms with Gasteiger partial charge in [0.05, 0.1) is 6.10 Å². The van der Waals surface area contributed by atoms with Crippen molar-refractivity contribution in [2.24, 2.45) is 0 Å². The number of nitrogens with zero attached hydrogens (tertiary/aromatic N) is 2. The third-order valence-electron chi connectivity index (χ3n) is 2.68. The average Bonchev–Trinajstić information content (AvgIpc) is 2.77. The summed E-state index contributed by atoms with van der Waals surface area (Å²) in [5.74, 6) is 1.49. The average molecular weight is 250 g/mol. The number of anilines is 2. The quantitative estimate of drug-likeness (QED) is 0.858. The van der Waals surface area contributed by atoms with Gasteiger partial charge in [0.25, 0.3) is 0 Å². The molecule has 2 heterocycles. The van der Waals surface area contributed by atoms with Gasteiger partial charge >= 0.3 is 0 Å². The van der Waals surface area contributed by atoms with Gasteiger partial charge in [-0.15, -0.1) is 0 Å². The Morgan fingerprint density at radius 1 is 1.44 bits per heavy atom. The Hall–Kier alpha value is -1.36. The number of hydrogen-bond donors (Lipinski definition) is 2. The molecule has 5 nitrogen and oxygen atoms in total. The van der Waals surface area contributed by atoms with Gasteiger partial charge in [-0.3, -0.25) is 0 Å². The van der Waals surface area contributed by atoms with E-state index in [4.69, 9.17) is 4.74 Å². The first kappa shape index (κ1) is 13.1. The zero-order chi connectivity index (χ0) is 13.0. The molecule has 18 heavy (non-hydrogen) atoms. The summed E-state index contributed by atoms with van der Waals surface area (Å²) in [5.41, 5.74) is -0.0345. The SMILES string of the molecule is CC(C)(C)Nc1nccc(NCC2CCCO2)n1. The maximum Gasteiger partial charge on any atom is 0.224 e. The van der Waals surface area contributed by atoms with Crippen LogP contribution in [-0.4, -0.2) is 34.8 Å². The Balaban J connectivity index is 1.90. The molecule has 1 saturated heterocycles. The third-order valence-corrected chi connectivity index (χ3v) is 2.68. The topological polar surface area (TPSA) is 59.1 Å². The van der Waals surface area contributed by atoms with Crippen LogP contribution in [0, 0.1) is 0 Å². The van der Waals surface area contributed by atoms with E-state index < -0.39 is 0 Å². The lowest BCUT2D eigenvalue weighted by Gasteiger charge is -2.20. The van der Waals surface area contributed by atoms with Crippen LogP contribution in [0.1, 0.15) is 33.6 Å². The molecular weight excluding hydrogens is 228 g/mol. The van der Waals surface area contributed by atoms with E-state index in [0.29, 0.717) is 12.1 Å². The molecule has 0 spiro atoms. The van der Waals surface area contributed by atoms with Gasteiger partial charge in [0.2, 0.25) is 5.95 Å². The number of ether oxygens (including phenoxy) is 1. The number of aromatic nitrogens is 2. The maximum absolute atomic E-state index is 5.56. The van der Waals surface area contributed by atoms with E-state index in [1.807, 2.05) is 6.07 Å². The normalized spacial score (nSPS) is 19.8. The first-order valence-electron chi connectivity index (χ1n) is 6.50. The minimum atomic E-state index is -0.0345. The van der Waals surface area contributed by atoms with Gasteiger partial charge in [0.15, 0.2) is 0 Å². The highest BCUT2D eigenvalue weighted by molar-refractivity contribution is 5.40. The van der Waals surface area contributed by atoms with Gasteiger partial charge in [0, 0.05) is 24.9 Å². The van der Waals surface area contributed by atoms with Crippen LogP contribution in [-0.2, 0) is 4.74 Å². The van der Waals surface area contributed by atoms with Crippen LogP contribution in [0.15, 0.2) is 12.3 Å². The molecule has 1 fully saturated rings. The first-order valence-corrected chi connectivity index (χ1v) is 6.50. The molecule has 1 aromatic rings. The Morgan fingerprint density at radius 3 is 2.94 bits per heavy atom. The van der Waals surface area contributed by atoms with Crippen LogP contribution in [0.5, 0.6) is 0 Å². The standard InChI is InChI=1S/C13H22N4O/c1-13(2,3)17-12-14-7-6-11(16-12)15-9-10-5-4-8-18-10/h6-7,10H,4-5,8-9H2,1-3H3,(H2,14,15,16,17). The van der Waals surface area contributed by atoms with Gasteiger partial charge in [-0.1, -0.05) is 0 Å². The molecule has 100 valence electrons. The smallest absolute Gasteiger partial charge is 0.224 e. The zero-order valence-electron chi connectivity index (χ0n) is 11.4. The van der Waals surface area contributed by atoms with Crippen LogP contribution in [0.4, 0.5) is 11.8 Å². The van der Waals surface area contributed by atoms with Crippen LogP contribution in [0.25, 0.3) is 0 Å². The first-order chi connectivity index (χ1) is 8.53. The van der Waals surface area contributed by atoms with Crippen molar-refractivity contribution in [3.05, 3.63) is 12.3 Å². The maximum atomic E-state index is 5.56. The number of rotatable bonds is 4. The van der Waals surface area contributed by atoms with Crippen molar-refractivity contribution in [1.29, 1.82) is 0 Å². The molecule has 0 amide bonds. The van der Waals surface area contributed by atoms with E-state index in [9.17, 15) is 0 Å². The van der Waals surface area contributed by atoms with Crippen LogP contribution in [0.2, 0.25) is 0 Å². The fourth-order valence-electron chi connectivity index (χ4n) is 1.88. The van der Waals surface area contributed by atoms with Crippen molar-refractivity contribution >= 4 is 11.8 Å². The molecular formula is C13H22N4O. The monoisotopic (exact) mass is 250 g/mol. The highest BCUT2D eigenvalue weighted by atomic mass is 16.5. The molecule has 1 aliphatic heterocycles. The van der Waals surface area contributed by atoms with E-state index >= 15 is 0 Å². The van der Waals surface area contributed by atoms with E-state index in [2.05, 4.69) is 41.4 Å². The minimum absolute atomic E-state index is 0.0345. The van der Waals surface area contributed by atoms with Gasteiger partial charge in [-0.05, 0) is 39.7 Å². The second-order valence-corrected chi connectivity index (χ2v) is 5.66. The summed E-state index contributed by atoms with van der Waals surface area (Å²) in [6.45, 7) is 7.95. The van der Waals surface area contributed by atoms with Gasteiger partial charge in [0.1, 0.15) is 5.82 Å². The molecule has 0 aliphatic carbocycles. The highest BCUT2D eigenvalue weighted by Gasteiger charge is 2.15. The Bertz CT molecular complexity index is 383. The number of nitrogens with one attached hydrogen (secondary N) is 2. The van der Waals surface area contributed by atoms with Crippen molar-refractivity contribution < 1.29 is 4.74 Å². The fourth-order valence-corrected chi connectivity index (χ4v) is 1.88. The fraction of sp³-hybridized carbons (Fsp3) is 0.692. The largest absolute Gasteiger partial charge is 0.376 e. The van der Waals surface area contributed by atoms with Crippen molar-refractivity contribution in [2.45, 2.75) is 45.3 Å². The second-order valence-electron chi connectivity index (χ2n) is 5.66. The Kier molecular flexibility index (Phi) is 4.01. The Labute approximate surface area is 108 Å². The van der Waals surface area contributed by atoms with E-state index in [-0.39, 0.29) is 5.54 Å². The second kappa shape index (κ2) is 5.52. The van der Waals surface area contributed by atoms with Crippen molar-refractivity contribution in [2.75, 3.05) is 23.8 Å². The molecule has 1 aromatic heterocycles. The zero-order valence-corrected chi connectivity index (χ0v) is 11.4. The van der Waals surface area contributed by atoms with Crippen molar-refractivity contribution in [3.8, 4) is 0 Å². The van der Waals surface area contributed by atoms with E-state index in [1.165, 1.54) is 0 Å². The molecule has 1 aliphatic rings. The highest BCUT2D eigenvalue weighted by Crippen LogP contribution is 2.14. The summed E-state index contributed by atoms with van der Waals surface area (Å²) >= 11 is 0. The van der Waals surface area contributed by atoms with Crippen LogP contribution >= 0.6 is 0 Å². The number of hydrogen-bond acceptors (Lipinski definition) is 5. The summed E-state index contributed by atoms with van der Waals surface area (Å²) in [6.07, 6.45) is 4.37. The summed E-state index contributed by atoms with van der Waals surface area (Å²) in [5, 5.41) is 6.55. The van der Waals surface area contributed by atoms with Crippen molar-refractivity contribution in [1.82, 2.24) is 9.97 Å². The lowest BCUT2D eigenvalue weighted by Crippen LogP contribution is -2.27. The molecule has 0 radical (unpaired) electrons. The summed E-state index contributed by atoms with van der Waals surface area (Å²) in [7, 11) is 0. The minimum Gasteiger partial charge on any atom is -0.376 e. The van der Waals surface area contributed by atoms with Gasteiger partial charge in [-0.25, -0.2) is 4.98 Å². The van der Waals surface area contributed by atoms with E-state index in [1.54, 1.807) is 6.20 Å². The van der Waals surface area contributed by atoms with E-state index in [0.717, 1.165) is 31.8 Å². The third kappa shape index (κ3) is 4.14. The lowest BCUT2D eigenvalue weighted by atomic mass is 10.1. The Morgan fingerprint density at radius 2 is 2.28 bits per heavy atom. The molecule has 1 unspecified atom stereocenters. The lowest BCUT2D eigenvalue weighted by molar-refractivity contribution is 0.120. The molecule has 0 bridgehead atoms. The molecule has 0 aromatic carbocycles. The molecule has 2 rings (SSSR count). The summed E-state index contributed by atoms with van der Waals surface area (Å²) in [6, 6.07) is 1.88. The van der Waals surface area contributed by atoms with Crippen LogP contribution in [0.3, 0.4) is 0 Å². The molecule has 0 saturated carbocycles. The van der Waals surface area contributed by atoms with Crippen LogP contribution < -0.4 is 10.6 Å². The molecule has 2 N–H and O–H groups in total. The van der Waals surface area contributed by atoms with Crippen molar-refractivity contribution in [3.63, 3.8) is 0 Å². The summed E-state index contributed by atoms with van der Waals surface area (Å²) in [4.78, 5) is 8.64. The summed E-state index contributed by atoms with van der Waals surface area (Å²) < 4.78 is 5.56.